The van der Waals surface area contributed by atoms with Gasteiger partial charge in [0.05, 0.1) is 0 Å². The molecule has 1 aromatic heterocycles. The second kappa shape index (κ2) is 3.46. The molecule has 2 bridgehead atoms. The van der Waals surface area contributed by atoms with Crippen molar-refractivity contribution in [1.29, 1.82) is 0 Å². The minimum Gasteiger partial charge on any atom is -0.351 e. The van der Waals surface area contributed by atoms with Gasteiger partial charge in [0.2, 0.25) is 5.28 Å². The van der Waals surface area contributed by atoms with E-state index in [1.165, 1.54) is 19.3 Å². The van der Waals surface area contributed by atoms with E-state index in [1.807, 2.05) is 0 Å². The zero-order valence-electron chi connectivity index (χ0n) is 8.03. The first-order chi connectivity index (χ1) is 7.24. The highest BCUT2D eigenvalue weighted by Crippen LogP contribution is 2.41. The lowest BCUT2D eigenvalue weighted by Gasteiger charge is -2.27. The molecule has 0 N–H and O–H groups in total. The highest BCUT2D eigenvalue weighted by atomic mass is 35.5. The maximum absolute atomic E-state index is 5.98. The first kappa shape index (κ1) is 9.60. The van der Waals surface area contributed by atoms with Gasteiger partial charge in [-0.15, -0.1) is 10.2 Å². The summed E-state index contributed by atoms with van der Waals surface area (Å²) >= 11 is 11.7. The molecule has 6 heteroatoms. The van der Waals surface area contributed by atoms with Crippen molar-refractivity contribution >= 4 is 29.0 Å². The summed E-state index contributed by atoms with van der Waals surface area (Å²) in [7, 11) is 0. The number of halogens is 2. The lowest BCUT2D eigenvalue weighted by atomic mass is 10.1. The molecule has 2 heterocycles. The number of piperidine rings is 1. The first-order valence-electron chi connectivity index (χ1n) is 5.06. The second-order valence-corrected chi connectivity index (χ2v) is 4.88. The van der Waals surface area contributed by atoms with Gasteiger partial charge in [-0.1, -0.05) is 11.6 Å². The van der Waals surface area contributed by atoms with E-state index in [-0.39, 0.29) is 5.28 Å². The molecule has 1 saturated heterocycles. The lowest BCUT2D eigenvalue weighted by Crippen LogP contribution is -2.33. The van der Waals surface area contributed by atoms with Crippen molar-refractivity contribution in [2.24, 2.45) is 5.92 Å². The molecular formula is C9H10Cl2N4. The van der Waals surface area contributed by atoms with E-state index < -0.39 is 0 Å². The monoisotopic (exact) mass is 244 g/mol. The summed E-state index contributed by atoms with van der Waals surface area (Å²) in [5.41, 5.74) is 0. The van der Waals surface area contributed by atoms with E-state index in [2.05, 4.69) is 20.1 Å². The molecule has 4 nitrogen and oxygen atoms in total. The summed E-state index contributed by atoms with van der Waals surface area (Å²) in [6.45, 7) is 1.03. The molecule has 0 amide bonds. The molecule has 1 aromatic rings. The smallest absolute Gasteiger partial charge is 0.245 e. The van der Waals surface area contributed by atoms with Crippen LogP contribution in [0.4, 0.5) is 5.82 Å². The first-order valence-corrected chi connectivity index (χ1v) is 5.82. The summed E-state index contributed by atoms with van der Waals surface area (Å²) in [5, 5.41) is 7.92. The SMILES string of the molecule is Clc1nnc(Cl)c(N2CC3CCC2C3)n1. The van der Waals surface area contributed by atoms with Crippen LogP contribution in [0.5, 0.6) is 0 Å². The van der Waals surface area contributed by atoms with Gasteiger partial charge < -0.3 is 4.90 Å². The maximum atomic E-state index is 5.98. The Morgan fingerprint density at radius 1 is 1.20 bits per heavy atom. The van der Waals surface area contributed by atoms with Crippen LogP contribution < -0.4 is 4.90 Å². The van der Waals surface area contributed by atoms with Gasteiger partial charge in [0.15, 0.2) is 11.0 Å². The molecule has 2 aliphatic rings. The third-order valence-electron chi connectivity index (χ3n) is 3.28. The Balaban J connectivity index is 1.96. The Kier molecular flexibility index (Phi) is 2.21. The number of anilines is 1. The van der Waals surface area contributed by atoms with Crippen molar-refractivity contribution in [3.63, 3.8) is 0 Å². The van der Waals surface area contributed by atoms with Crippen LogP contribution in [0.2, 0.25) is 10.4 Å². The fourth-order valence-electron chi connectivity index (χ4n) is 2.65. The number of hydrogen-bond acceptors (Lipinski definition) is 4. The van der Waals surface area contributed by atoms with Gasteiger partial charge in [0.1, 0.15) is 0 Å². The zero-order valence-corrected chi connectivity index (χ0v) is 9.54. The molecular weight excluding hydrogens is 235 g/mol. The number of aromatic nitrogens is 3. The van der Waals surface area contributed by atoms with Crippen LogP contribution in [-0.4, -0.2) is 27.8 Å². The maximum Gasteiger partial charge on any atom is 0.245 e. The van der Waals surface area contributed by atoms with Gasteiger partial charge in [-0.05, 0) is 36.8 Å². The Morgan fingerprint density at radius 3 is 2.73 bits per heavy atom. The zero-order chi connectivity index (χ0) is 10.4. The van der Waals surface area contributed by atoms with E-state index in [4.69, 9.17) is 23.2 Å². The van der Waals surface area contributed by atoms with Gasteiger partial charge in [-0.2, -0.15) is 4.98 Å². The Bertz CT molecular complexity index is 398. The molecule has 1 saturated carbocycles. The van der Waals surface area contributed by atoms with Crippen LogP contribution in [-0.2, 0) is 0 Å². The van der Waals surface area contributed by atoms with E-state index in [1.54, 1.807) is 0 Å². The predicted octanol–water partition coefficient (Wildman–Crippen LogP) is 2.17. The number of rotatable bonds is 1. The van der Waals surface area contributed by atoms with E-state index >= 15 is 0 Å². The molecule has 15 heavy (non-hydrogen) atoms. The molecule has 80 valence electrons. The van der Waals surface area contributed by atoms with Crippen LogP contribution in [0.1, 0.15) is 19.3 Å². The van der Waals surface area contributed by atoms with Crippen LogP contribution in [0.3, 0.4) is 0 Å². The van der Waals surface area contributed by atoms with Crippen molar-refractivity contribution in [3.8, 4) is 0 Å². The van der Waals surface area contributed by atoms with Crippen LogP contribution in [0.25, 0.3) is 0 Å². The molecule has 2 unspecified atom stereocenters. The van der Waals surface area contributed by atoms with Crippen LogP contribution in [0.15, 0.2) is 0 Å². The fourth-order valence-corrected chi connectivity index (χ4v) is 2.96. The highest BCUT2D eigenvalue weighted by Gasteiger charge is 2.39. The molecule has 1 aliphatic carbocycles. The van der Waals surface area contributed by atoms with E-state index in [0.29, 0.717) is 17.0 Å². The summed E-state index contributed by atoms with van der Waals surface area (Å²) in [6.07, 6.45) is 3.80. The topological polar surface area (TPSA) is 41.9 Å². The molecule has 3 rings (SSSR count). The Labute approximate surface area is 97.6 Å². The van der Waals surface area contributed by atoms with Crippen LogP contribution in [0, 0.1) is 5.92 Å². The number of hydrogen-bond donors (Lipinski definition) is 0. The third-order valence-corrected chi connectivity index (χ3v) is 3.69. The van der Waals surface area contributed by atoms with Gasteiger partial charge >= 0.3 is 0 Å². The molecule has 0 aromatic carbocycles. The molecule has 2 atom stereocenters. The van der Waals surface area contributed by atoms with Gasteiger partial charge in [-0.3, -0.25) is 0 Å². The second-order valence-electron chi connectivity index (χ2n) is 4.18. The average molecular weight is 245 g/mol. The minimum atomic E-state index is 0.164. The van der Waals surface area contributed by atoms with Crippen molar-refractivity contribution in [1.82, 2.24) is 15.2 Å². The summed E-state index contributed by atoms with van der Waals surface area (Å²) in [4.78, 5) is 6.38. The Morgan fingerprint density at radius 2 is 2.07 bits per heavy atom. The number of fused-ring (bicyclic) bond motifs is 2. The van der Waals surface area contributed by atoms with Gasteiger partial charge in [-0.25, -0.2) is 0 Å². The molecule has 0 spiro atoms. The third kappa shape index (κ3) is 1.56. The lowest BCUT2D eigenvalue weighted by molar-refractivity contribution is 0.549. The van der Waals surface area contributed by atoms with Crippen molar-refractivity contribution in [2.75, 3.05) is 11.4 Å². The largest absolute Gasteiger partial charge is 0.351 e. The Hall–Kier alpha value is -0.610. The van der Waals surface area contributed by atoms with Gasteiger partial charge in [0.25, 0.3) is 0 Å². The fraction of sp³-hybridized carbons (Fsp3) is 0.667. The summed E-state index contributed by atoms with van der Waals surface area (Å²) in [5.74, 6) is 1.49. The van der Waals surface area contributed by atoms with E-state index in [9.17, 15) is 0 Å². The summed E-state index contributed by atoms with van der Waals surface area (Å²) < 4.78 is 0. The average Bonchev–Trinajstić information content (AvgIpc) is 2.83. The minimum absolute atomic E-state index is 0.164. The standard InChI is InChI=1S/C9H10Cl2N4/c10-7-8(12-9(11)14-13-7)15-4-5-1-2-6(15)3-5/h5-6H,1-4H2. The van der Waals surface area contributed by atoms with Crippen molar-refractivity contribution < 1.29 is 0 Å². The van der Waals surface area contributed by atoms with Crippen molar-refractivity contribution in [3.05, 3.63) is 10.4 Å². The normalized spacial score (nSPS) is 28.8. The quantitative estimate of drug-likeness (QED) is 0.760. The molecule has 2 fully saturated rings. The van der Waals surface area contributed by atoms with Gasteiger partial charge in [0, 0.05) is 12.6 Å². The predicted molar refractivity (Wildman–Crippen MR) is 58.3 cm³/mol. The summed E-state index contributed by atoms with van der Waals surface area (Å²) in [6, 6.07) is 0.570. The number of nitrogens with zero attached hydrogens (tertiary/aromatic N) is 4. The van der Waals surface area contributed by atoms with Crippen molar-refractivity contribution in [2.45, 2.75) is 25.3 Å². The highest BCUT2D eigenvalue weighted by molar-refractivity contribution is 6.32. The molecule has 0 radical (unpaired) electrons. The molecule has 1 aliphatic heterocycles. The van der Waals surface area contributed by atoms with Crippen LogP contribution >= 0.6 is 23.2 Å². The van der Waals surface area contributed by atoms with E-state index in [0.717, 1.165) is 12.5 Å².